The lowest BCUT2D eigenvalue weighted by Gasteiger charge is -2.19. The Hall–Kier alpha value is -1.39. The van der Waals surface area contributed by atoms with Crippen LogP contribution in [0.3, 0.4) is 0 Å². The summed E-state index contributed by atoms with van der Waals surface area (Å²) in [7, 11) is 0. The molecule has 0 amide bonds. The summed E-state index contributed by atoms with van der Waals surface area (Å²) in [6, 6.07) is 8.55. The van der Waals surface area contributed by atoms with Crippen LogP contribution in [0.2, 0.25) is 0 Å². The average molecular weight is 304 g/mol. The molecule has 0 aliphatic rings. The lowest BCUT2D eigenvalue weighted by Crippen LogP contribution is -2.23. The van der Waals surface area contributed by atoms with E-state index >= 15 is 0 Å². The summed E-state index contributed by atoms with van der Waals surface area (Å²) in [6.07, 6.45) is 1.11. The maximum atomic E-state index is 5.63. The SMILES string of the molecule is CCCNC(c1cccc(OCC)c1)c1sc(C)nc1C. The molecule has 3 nitrogen and oxygen atoms in total. The van der Waals surface area contributed by atoms with Gasteiger partial charge in [-0.05, 0) is 51.4 Å². The number of rotatable bonds is 7. The Labute approximate surface area is 131 Å². The van der Waals surface area contributed by atoms with Gasteiger partial charge in [0.05, 0.1) is 23.4 Å². The molecule has 0 radical (unpaired) electrons. The van der Waals surface area contributed by atoms with Gasteiger partial charge in [-0.1, -0.05) is 19.1 Å². The fourth-order valence-corrected chi connectivity index (χ4v) is 3.45. The van der Waals surface area contributed by atoms with Crippen molar-refractivity contribution in [1.29, 1.82) is 0 Å². The molecule has 0 saturated carbocycles. The Bertz CT molecular complexity index is 580. The molecule has 2 rings (SSSR count). The third-order valence-corrected chi connectivity index (χ3v) is 4.44. The summed E-state index contributed by atoms with van der Waals surface area (Å²) in [5, 5.41) is 4.76. The lowest BCUT2D eigenvalue weighted by atomic mass is 10.0. The highest BCUT2D eigenvalue weighted by Crippen LogP contribution is 2.31. The molecule has 1 atom stereocenters. The second-order valence-electron chi connectivity index (χ2n) is 5.08. The van der Waals surface area contributed by atoms with Gasteiger partial charge in [0.15, 0.2) is 0 Å². The minimum Gasteiger partial charge on any atom is -0.494 e. The first-order chi connectivity index (χ1) is 10.2. The molecule has 1 heterocycles. The molecule has 0 spiro atoms. The molecule has 1 N–H and O–H groups in total. The summed E-state index contributed by atoms with van der Waals surface area (Å²) in [5.41, 5.74) is 2.36. The summed E-state index contributed by atoms with van der Waals surface area (Å²) >= 11 is 1.77. The second kappa shape index (κ2) is 7.57. The van der Waals surface area contributed by atoms with Crippen molar-refractivity contribution in [2.75, 3.05) is 13.2 Å². The molecule has 0 fully saturated rings. The van der Waals surface area contributed by atoms with Gasteiger partial charge in [-0.3, -0.25) is 0 Å². The Kier molecular flexibility index (Phi) is 5.76. The van der Waals surface area contributed by atoms with Crippen LogP contribution in [-0.4, -0.2) is 18.1 Å². The van der Waals surface area contributed by atoms with E-state index in [0.717, 1.165) is 29.4 Å². The quantitative estimate of drug-likeness (QED) is 0.830. The number of hydrogen-bond donors (Lipinski definition) is 1. The van der Waals surface area contributed by atoms with Crippen LogP contribution < -0.4 is 10.1 Å². The van der Waals surface area contributed by atoms with Crippen LogP contribution in [0.4, 0.5) is 0 Å². The number of aromatic nitrogens is 1. The van der Waals surface area contributed by atoms with Crippen molar-refractivity contribution in [3.63, 3.8) is 0 Å². The van der Waals surface area contributed by atoms with E-state index in [-0.39, 0.29) is 6.04 Å². The van der Waals surface area contributed by atoms with Crippen LogP contribution in [0.5, 0.6) is 5.75 Å². The molecule has 0 bridgehead atoms. The lowest BCUT2D eigenvalue weighted by molar-refractivity contribution is 0.339. The van der Waals surface area contributed by atoms with Crippen molar-refractivity contribution in [2.45, 2.75) is 40.2 Å². The summed E-state index contributed by atoms with van der Waals surface area (Å²) in [6.45, 7) is 10.0. The number of nitrogens with one attached hydrogen (secondary N) is 1. The first-order valence-electron chi connectivity index (χ1n) is 7.55. The number of aryl methyl sites for hydroxylation is 2. The molecule has 21 heavy (non-hydrogen) atoms. The van der Waals surface area contributed by atoms with Gasteiger partial charge in [-0.25, -0.2) is 4.98 Å². The van der Waals surface area contributed by atoms with Gasteiger partial charge in [0.25, 0.3) is 0 Å². The predicted octanol–water partition coefficient (Wildman–Crippen LogP) is 4.25. The molecule has 0 aliphatic heterocycles. The number of ether oxygens (including phenoxy) is 1. The van der Waals surface area contributed by atoms with Crippen molar-refractivity contribution in [3.8, 4) is 5.75 Å². The minimum atomic E-state index is 0.191. The summed E-state index contributed by atoms with van der Waals surface area (Å²) < 4.78 is 5.63. The molecule has 2 aromatic rings. The Morgan fingerprint density at radius 2 is 2.10 bits per heavy atom. The van der Waals surface area contributed by atoms with Crippen molar-refractivity contribution in [2.24, 2.45) is 0 Å². The van der Waals surface area contributed by atoms with Crippen LogP contribution in [0.25, 0.3) is 0 Å². The second-order valence-corrected chi connectivity index (χ2v) is 6.31. The van der Waals surface area contributed by atoms with Crippen molar-refractivity contribution >= 4 is 11.3 Å². The van der Waals surface area contributed by atoms with E-state index in [2.05, 4.69) is 49.3 Å². The van der Waals surface area contributed by atoms with E-state index in [4.69, 9.17) is 4.74 Å². The van der Waals surface area contributed by atoms with Crippen LogP contribution >= 0.6 is 11.3 Å². The van der Waals surface area contributed by atoms with Gasteiger partial charge in [0.1, 0.15) is 5.75 Å². The zero-order valence-electron chi connectivity index (χ0n) is 13.3. The highest BCUT2D eigenvalue weighted by Gasteiger charge is 2.19. The monoisotopic (exact) mass is 304 g/mol. The topological polar surface area (TPSA) is 34.1 Å². The highest BCUT2D eigenvalue weighted by molar-refractivity contribution is 7.11. The number of benzene rings is 1. The number of nitrogens with zero attached hydrogens (tertiary/aromatic N) is 1. The van der Waals surface area contributed by atoms with E-state index in [1.54, 1.807) is 11.3 Å². The molecule has 0 saturated heterocycles. The predicted molar refractivity (Wildman–Crippen MR) is 89.3 cm³/mol. The van der Waals surface area contributed by atoms with Gasteiger partial charge in [-0.2, -0.15) is 0 Å². The molecule has 1 aromatic heterocycles. The van der Waals surface area contributed by atoms with Crippen molar-refractivity contribution in [3.05, 3.63) is 45.4 Å². The Morgan fingerprint density at radius 1 is 1.29 bits per heavy atom. The van der Waals surface area contributed by atoms with Gasteiger partial charge in [0.2, 0.25) is 0 Å². The van der Waals surface area contributed by atoms with E-state index in [1.165, 1.54) is 10.4 Å². The Balaban J connectivity index is 2.35. The standard InChI is InChI=1S/C17H24N2OS/c1-5-10-18-16(17-12(3)19-13(4)21-17)14-8-7-9-15(11-14)20-6-2/h7-9,11,16,18H,5-6,10H2,1-4H3. The summed E-state index contributed by atoms with van der Waals surface area (Å²) in [4.78, 5) is 5.87. The van der Waals surface area contributed by atoms with Crippen LogP contribution in [0.1, 0.15) is 47.5 Å². The fraction of sp³-hybridized carbons (Fsp3) is 0.471. The number of thiazole rings is 1. The smallest absolute Gasteiger partial charge is 0.119 e. The molecule has 1 unspecified atom stereocenters. The normalized spacial score (nSPS) is 12.4. The van der Waals surface area contributed by atoms with Crippen molar-refractivity contribution < 1.29 is 4.74 Å². The minimum absolute atomic E-state index is 0.191. The van der Waals surface area contributed by atoms with Crippen molar-refractivity contribution in [1.82, 2.24) is 10.3 Å². The third kappa shape index (κ3) is 4.05. The van der Waals surface area contributed by atoms with Crippen LogP contribution in [0.15, 0.2) is 24.3 Å². The maximum Gasteiger partial charge on any atom is 0.119 e. The molecular weight excluding hydrogens is 280 g/mol. The third-order valence-electron chi connectivity index (χ3n) is 3.30. The highest BCUT2D eigenvalue weighted by atomic mass is 32.1. The Morgan fingerprint density at radius 3 is 2.71 bits per heavy atom. The first-order valence-corrected chi connectivity index (χ1v) is 8.37. The zero-order chi connectivity index (χ0) is 15.2. The molecule has 4 heteroatoms. The van der Waals surface area contributed by atoms with Gasteiger partial charge in [-0.15, -0.1) is 11.3 Å². The van der Waals surface area contributed by atoms with E-state index in [1.807, 2.05) is 13.0 Å². The van der Waals surface area contributed by atoms with Crippen LogP contribution in [-0.2, 0) is 0 Å². The fourth-order valence-electron chi connectivity index (χ4n) is 2.42. The van der Waals surface area contributed by atoms with Gasteiger partial charge >= 0.3 is 0 Å². The molecule has 114 valence electrons. The zero-order valence-corrected chi connectivity index (χ0v) is 14.1. The largest absolute Gasteiger partial charge is 0.494 e. The maximum absolute atomic E-state index is 5.63. The van der Waals surface area contributed by atoms with Gasteiger partial charge < -0.3 is 10.1 Å². The average Bonchev–Trinajstić information content (AvgIpc) is 2.79. The molecular formula is C17H24N2OS. The first kappa shape index (κ1) is 16.0. The van der Waals surface area contributed by atoms with Gasteiger partial charge in [0, 0.05) is 4.88 Å². The van der Waals surface area contributed by atoms with Crippen LogP contribution in [0, 0.1) is 13.8 Å². The van der Waals surface area contributed by atoms with E-state index in [9.17, 15) is 0 Å². The summed E-state index contributed by atoms with van der Waals surface area (Å²) in [5.74, 6) is 0.928. The van der Waals surface area contributed by atoms with E-state index in [0.29, 0.717) is 6.61 Å². The number of hydrogen-bond acceptors (Lipinski definition) is 4. The van der Waals surface area contributed by atoms with E-state index < -0.39 is 0 Å². The molecule has 0 aliphatic carbocycles. The molecule has 1 aromatic carbocycles.